The molecule has 0 bridgehead atoms. The zero-order valence-electron chi connectivity index (χ0n) is 19.5. The summed E-state index contributed by atoms with van der Waals surface area (Å²) < 4.78 is 78.2. The zero-order valence-corrected chi connectivity index (χ0v) is 19.5. The van der Waals surface area contributed by atoms with Crippen LogP contribution in [-0.2, 0) is 23.1 Å². The highest BCUT2D eigenvalue weighted by Gasteiger charge is 2.50. The molecule has 0 aliphatic carbocycles. The Kier molecular flexibility index (Phi) is 6.68. The maximum atomic E-state index is 13.2. The molecule has 4 amide bonds. The van der Waals surface area contributed by atoms with Gasteiger partial charge in [0.2, 0.25) is 0 Å². The molecular weight excluding hydrogens is 520 g/mol. The van der Waals surface area contributed by atoms with Crippen molar-refractivity contribution in [1.29, 1.82) is 0 Å². The lowest BCUT2D eigenvalue weighted by atomic mass is 9.90. The molecule has 0 saturated carbocycles. The molecule has 4 rings (SSSR count). The van der Waals surface area contributed by atoms with Gasteiger partial charge in [-0.2, -0.15) is 31.4 Å². The number of hydrogen-bond acceptors (Lipinski definition) is 4. The van der Waals surface area contributed by atoms with Crippen molar-refractivity contribution in [2.24, 2.45) is 0 Å². The van der Waals surface area contributed by atoms with Crippen LogP contribution in [0.5, 0.6) is 0 Å². The number of urea groups is 1. The maximum Gasteiger partial charge on any atom is 0.416 e. The van der Waals surface area contributed by atoms with E-state index >= 15 is 0 Å². The smallest absolute Gasteiger partial charge is 0.349 e. The van der Waals surface area contributed by atoms with Gasteiger partial charge >= 0.3 is 18.4 Å². The predicted molar refractivity (Wildman–Crippen MR) is 121 cm³/mol. The van der Waals surface area contributed by atoms with Gasteiger partial charge < -0.3 is 10.6 Å². The van der Waals surface area contributed by atoms with Crippen LogP contribution in [0.15, 0.2) is 54.7 Å². The highest BCUT2D eigenvalue weighted by atomic mass is 19.4. The Morgan fingerprint density at radius 1 is 1.03 bits per heavy atom. The fourth-order valence-electron chi connectivity index (χ4n) is 4.18. The fraction of sp³-hybridized carbons (Fsp3) is 0.250. The van der Waals surface area contributed by atoms with Crippen molar-refractivity contribution in [3.63, 3.8) is 0 Å². The van der Waals surface area contributed by atoms with Crippen molar-refractivity contribution >= 4 is 17.8 Å². The first-order chi connectivity index (χ1) is 17.7. The molecule has 2 heterocycles. The lowest BCUT2D eigenvalue weighted by molar-refractivity contribution is -0.143. The minimum atomic E-state index is -4.60. The van der Waals surface area contributed by atoms with Crippen LogP contribution in [0.3, 0.4) is 0 Å². The Morgan fingerprint density at radius 3 is 2.26 bits per heavy atom. The average Bonchev–Trinajstić information content (AvgIpc) is 3.34. The van der Waals surface area contributed by atoms with Crippen molar-refractivity contribution in [2.75, 3.05) is 6.54 Å². The van der Waals surface area contributed by atoms with Gasteiger partial charge in [-0.3, -0.25) is 19.6 Å². The van der Waals surface area contributed by atoms with E-state index in [4.69, 9.17) is 0 Å². The molecule has 2 aromatic carbocycles. The maximum absolute atomic E-state index is 13.2. The molecule has 1 fully saturated rings. The van der Waals surface area contributed by atoms with Crippen LogP contribution in [0, 0.1) is 6.92 Å². The molecule has 1 saturated heterocycles. The number of halogens is 6. The second-order valence-electron chi connectivity index (χ2n) is 8.53. The van der Waals surface area contributed by atoms with Crippen LogP contribution >= 0.6 is 0 Å². The molecule has 1 atom stereocenters. The topological polar surface area (TPSA) is 105 Å². The largest absolute Gasteiger partial charge is 0.416 e. The molecule has 8 nitrogen and oxygen atoms in total. The van der Waals surface area contributed by atoms with Gasteiger partial charge in [-0.1, -0.05) is 30.3 Å². The minimum absolute atomic E-state index is 0.0524. The van der Waals surface area contributed by atoms with E-state index in [0.29, 0.717) is 15.8 Å². The van der Waals surface area contributed by atoms with E-state index < -0.39 is 54.4 Å². The van der Waals surface area contributed by atoms with Crippen LogP contribution < -0.4 is 16.0 Å². The van der Waals surface area contributed by atoms with Gasteiger partial charge in [0.15, 0.2) is 5.54 Å². The molecule has 0 radical (unpaired) electrons. The van der Waals surface area contributed by atoms with Crippen LogP contribution in [0.25, 0.3) is 11.1 Å². The molecule has 0 spiro atoms. The van der Waals surface area contributed by atoms with E-state index in [1.54, 1.807) is 6.07 Å². The third-order valence-electron chi connectivity index (χ3n) is 6.04. The lowest BCUT2D eigenvalue weighted by Crippen LogP contribution is -2.52. The monoisotopic (exact) mass is 539 g/mol. The molecule has 1 aliphatic heterocycles. The van der Waals surface area contributed by atoms with E-state index in [2.05, 4.69) is 15.7 Å². The van der Waals surface area contributed by atoms with Gasteiger partial charge in [-0.25, -0.2) is 4.79 Å². The first-order valence-electron chi connectivity index (χ1n) is 11.0. The highest BCUT2D eigenvalue weighted by Crippen LogP contribution is 2.32. The average molecular weight is 539 g/mol. The summed E-state index contributed by atoms with van der Waals surface area (Å²) in [5, 5.41) is 10.6. The molecule has 0 unspecified atom stereocenters. The Morgan fingerprint density at radius 2 is 1.68 bits per heavy atom. The summed E-state index contributed by atoms with van der Waals surface area (Å²) in [5.41, 5.74) is -2.27. The minimum Gasteiger partial charge on any atom is -0.349 e. The van der Waals surface area contributed by atoms with Crippen LogP contribution in [0.4, 0.5) is 31.1 Å². The summed E-state index contributed by atoms with van der Waals surface area (Å²) in [6, 6.07) is 9.27. The van der Waals surface area contributed by atoms with Gasteiger partial charge in [0.05, 0.1) is 18.3 Å². The predicted octanol–water partition coefficient (Wildman–Crippen LogP) is 3.90. The van der Waals surface area contributed by atoms with Gasteiger partial charge in [0.1, 0.15) is 6.54 Å². The van der Waals surface area contributed by atoms with E-state index in [0.717, 1.165) is 18.3 Å². The number of carbonyl (C=O) groups excluding carboxylic acids is 3. The normalized spacial score (nSPS) is 17.8. The SMILES string of the molecule is Cc1c([C@]2(CNC(=O)c3ccccc3-c3ccc(C(F)(F)F)cc3)NC(=O)NC2=O)cnn1CC(F)(F)F. The number of benzene rings is 2. The molecule has 1 aliphatic rings. The molecule has 38 heavy (non-hydrogen) atoms. The highest BCUT2D eigenvalue weighted by molar-refractivity contribution is 6.08. The van der Waals surface area contributed by atoms with E-state index in [-0.39, 0.29) is 16.8 Å². The van der Waals surface area contributed by atoms with Gasteiger partial charge in [0.25, 0.3) is 11.8 Å². The summed E-state index contributed by atoms with van der Waals surface area (Å²) in [6.45, 7) is -0.698. The van der Waals surface area contributed by atoms with Gasteiger partial charge in [-0.15, -0.1) is 0 Å². The standard InChI is InChI=1S/C24H19F6N5O3/c1-13-18(10-32-35(13)12-23(25,26)27)22(20(37)33-21(38)34-22)11-31-19(36)17-5-3-2-4-16(17)14-6-8-15(9-7-14)24(28,29)30/h2-10H,11-12H2,1H3,(H,31,36)(H2,33,34,37,38)/t22-/m0/s1. The van der Waals surface area contributed by atoms with Crippen molar-refractivity contribution in [1.82, 2.24) is 25.7 Å². The Bertz CT molecular complexity index is 1400. The first kappa shape index (κ1) is 26.7. The number of aromatic nitrogens is 2. The summed E-state index contributed by atoms with van der Waals surface area (Å²) in [7, 11) is 0. The summed E-state index contributed by atoms with van der Waals surface area (Å²) in [6.07, 6.45) is -8.13. The number of nitrogens with zero attached hydrogens (tertiary/aromatic N) is 2. The third kappa shape index (κ3) is 5.19. The van der Waals surface area contributed by atoms with Crippen molar-refractivity contribution in [3.8, 4) is 11.1 Å². The molecule has 14 heteroatoms. The number of rotatable bonds is 6. The summed E-state index contributed by atoms with van der Waals surface area (Å²) in [5.74, 6) is -1.65. The fourth-order valence-corrected chi connectivity index (χ4v) is 4.18. The zero-order chi connectivity index (χ0) is 27.9. The molecule has 1 aromatic heterocycles. The number of carbonyl (C=O) groups is 3. The Labute approximate surface area is 211 Å². The van der Waals surface area contributed by atoms with E-state index in [1.165, 1.54) is 37.3 Å². The first-order valence-corrected chi connectivity index (χ1v) is 11.0. The summed E-state index contributed by atoms with van der Waals surface area (Å²) >= 11 is 0. The summed E-state index contributed by atoms with van der Waals surface area (Å²) in [4.78, 5) is 38.0. The van der Waals surface area contributed by atoms with Crippen molar-refractivity contribution in [3.05, 3.63) is 77.1 Å². The van der Waals surface area contributed by atoms with E-state index in [1.807, 2.05) is 5.32 Å². The second kappa shape index (κ2) is 9.50. The van der Waals surface area contributed by atoms with Crippen molar-refractivity contribution in [2.45, 2.75) is 31.4 Å². The van der Waals surface area contributed by atoms with E-state index in [9.17, 15) is 40.7 Å². The third-order valence-corrected chi connectivity index (χ3v) is 6.04. The number of alkyl halides is 6. The van der Waals surface area contributed by atoms with Crippen LogP contribution in [0.1, 0.15) is 27.2 Å². The number of amides is 4. The van der Waals surface area contributed by atoms with Gasteiger partial charge in [0, 0.05) is 16.8 Å². The van der Waals surface area contributed by atoms with Crippen LogP contribution in [-0.4, -0.2) is 40.3 Å². The molecular formula is C24H19F6N5O3. The number of imide groups is 1. The molecule has 3 aromatic rings. The lowest BCUT2D eigenvalue weighted by Gasteiger charge is -2.26. The van der Waals surface area contributed by atoms with Gasteiger partial charge in [-0.05, 0) is 36.2 Å². The quantitative estimate of drug-likeness (QED) is 0.327. The van der Waals surface area contributed by atoms with Crippen LogP contribution in [0.2, 0.25) is 0 Å². The second-order valence-corrected chi connectivity index (χ2v) is 8.53. The molecule has 200 valence electrons. The molecule has 3 N–H and O–H groups in total. The van der Waals surface area contributed by atoms with Crippen molar-refractivity contribution < 1.29 is 40.7 Å². The number of hydrogen-bond donors (Lipinski definition) is 3. The number of nitrogens with one attached hydrogen (secondary N) is 3. The Hall–Kier alpha value is -4.36. The Balaban J connectivity index is 1.63.